The molecule has 0 aliphatic heterocycles. The van der Waals surface area contributed by atoms with Crippen LogP contribution in [0.5, 0.6) is 0 Å². The molecule has 0 saturated heterocycles. The van der Waals surface area contributed by atoms with Gasteiger partial charge in [-0.15, -0.1) is 0 Å². The zero-order valence-corrected chi connectivity index (χ0v) is 14.8. The lowest BCUT2D eigenvalue weighted by molar-refractivity contribution is -0.686. The first-order valence-corrected chi connectivity index (χ1v) is 8.45. The molecular formula is C22H21N3+2. The van der Waals surface area contributed by atoms with Gasteiger partial charge in [-0.25, -0.2) is 4.57 Å². The summed E-state index contributed by atoms with van der Waals surface area (Å²) in [6, 6.07) is 21.3. The minimum absolute atomic E-state index is 0.955. The fraction of sp³-hybridized carbons (Fsp3) is 0.136. The molecule has 3 heteroatoms. The van der Waals surface area contributed by atoms with Crippen LogP contribution in [-0.2, 0) is 14.1 Å². The molecule has 0 fully saturated rings. The van der Waals surface area contributed by atoms with E-state index in [1.165, 1.54) is 27.6 Å². The van der Waals surface area contributed by atoms with E-state index in [0.717, 1.165) is 11.5 Å². The summed E-state index contributed by atoms with van der Waals surface area (Å²) in [7, 11) is 4.16. The lowest BCUT2D eigenvalue weighted by Crippen LogP contribution is -2.41. The molecule has 4 aromatic rings. The van der Waals surface area contributed by atoms with Gasteiger partial charge in [0.15, 0.2) is 0 Å². The summed E-state index contributed by atoms with van der Waals surface area (Å²) >= 11 is 0. The molecule has 0 saturated carbocycles. The van der Waals surface area contributed by atoms with Gasteiger partial charge in [-0.2, -0.15) is 4.57 Å². The molecule has 0 bridgehead atoms. The van der Waals surface area contributed by atoms with Gasteiger partial charge < -0.3 is 0 Å². The number of aromatic nitrogens is 3. The quantitative estimate of drug-likeness (QED) is 0.516. The van der Waals surface area contributed by atoms with Gasteiger partial charge in [-0.3, -0.25) is 0 Å². The van der Waals surface area contributed by atoms with Crippen LogP contribution in [-0.4, -0.2) is 4.98 Å². The standard InChI is InChI=1S/C22H21N3/c1-16-9-4-6-11-18(16)20-15-17-10-5-7-12-19(17)21(25(20)3)22-23-13-8-14-24(22)2/h4-15H,1-3H3/q+2. The van der Waals surface area contributed by atoms with Crippen molar-refractivity contribution in [3.05, 3.63) is 78.6 Å². The molecule has 2 aromatic carbocycles. The van der Waals surface area contributed by atoms with E-state index in [2.05, 4.69) is 82.7 Å². The predicted molar refractivity (Wildman–Crippen MR) is 99.7 cm³/mol. The molecule has 0 spiro atoms. The van der Waals surface area contributed by atoms with Gasteiger partial charge in [-0.05, 0) is 35.0 Å². The van der Waals surface area contributed by atoms with E-state index < -0.39 is 0 Å². The summed E-state index contributed by atoms with van der Waals surface area (Å²) in [6.07, 6.45) is 3.89. The van der Waals surface area contributed by atoms with Crippen LogP contribution in [0.1, 0.15) is 5.56 Å². The molecule has 0 atom stereocenters. The van der Waals surface area contributed by atoms with E-state index in [0.29, 0.717) is 0 Å². The molecule has 0 aliphatic carbocycles. The highest BCUT2D eigenvalue weighted by Gasteiger charge is 2.28. The Balaban J connectivity index is 2.13. The monoisotopic (exact) mass is 327 g/mol. The highest BCUT2D eigenvalue weighted by molar-refractivity contribution is 5.93. The smallest absolute Gasteiger partial charge is 0.228 e. The maximum atomic E-state index is 4.66. The average molecular weight is 327 g/mol. The van der Waals surface area contributed by atoms with Crippen LogP contribution in [0.3, 0.4) is 0 Å². The summed E-state index contributed by atoms with van der Waals surface area (Å²) < 4.78 is 4.33. The summed E-state index contributed by atoms with van der Waals surface area (Å²) in [5.74, 6) is 0.955. The molecule has 0 unspecified atom stereocenters. The van der Waals surface area contributed by atoms with Crippen LogP contribution < -0.4 is 9.13 Å². The summed E-state index contributed by atoms with van der Waals surface area (Å²) in [5, 5.41) is 2.43. The van der Waals surface area contributed by atoms with Gasteiger partial charge in [0.2, 0.25) is 5.69 Å². The average Bonchev–Trinajstić information content (AvgIpc) is 2.63. The SMILES string of the molecule is Cc1ccccc1-c1cc2ccccc2c(-c2nccc[n+]2C)[n+]1C. The molecule has 0 radical (unpaired) electrons. The number of hydrogen-bond acceptors (Lipinski definition) is 1. The van der Waals surface area contributed by atoms with Crippen LogP contribution in [0.15, 0.2) is 73.1 Å². The summed E-state index contributed by atoms with van der Waals surface area (Å²) in [6.45, 7) is 2.16. The van der Waals surface area contributed by atoms with Crippen LogP contribution in [0.4, 0.5) is 0 Å². The lowest BCUT2D eigenvalue weighted by atomic mass is 10.0. The number of pyridine rings is 1. The topological polar surface area (TPSA) is 20.6 Å². The highest BCUT2D eigenvalue weighted by Crippen LogP contribution is 2.28. The van der Waals surface area contributed by atoms with Crippen molar-refractivity contribution in [2.75, 3.05) is 0 Å². The van der Waals surface area contributed by atoms with Crippen molar-refractivity contribution in [1.29, 1.82) is 0 Å². The third kappa shape index (κ3) is 2.58. The molecule has 2 heterocycles. The Morgan fingerprint density at radius 3 is 2.44 bits per heavy atom. The van der Waals surface area contributed by atoms with Gasteiger partial charge in [0.05, 0.1) is 18.6 Å². The zero-order valence-electron chi connectivity index (χ0n) is 14.8. The molecule has 4 rings (SSSR count). The minimum Gasteiger partial charge on any atom is -0.228 e. The molecule has 0 aliphatic rings. The van der Waals surface area contributed by atoms with E-state index in [-0.39, 0.29) is 0 Å². The second-order valence-electron chi connectivity index (χ2n) is 6.39. The summed E-state index contributed by atoms with van der Waals surface area (Å²) in [5.41, 5.74) is 4.83. The maximum absolute atomic E-state index is 4.66. The highest BCUT2D eigenvalue weighted by atomic mass is 15.1. The second-order valence-corrected chi connectivity index (χ2v) is 6.39. The Labute approximate surface area is 147 Å². The zero-order chi connectivity index (χ0) is 17.4. The van der Waals surface area contributed by atoms with Crippen LogP contribution in [0.2, 0.25) is 0 Å². The third-order valence-electron chi connectivity index (χ3n) is 4.76. The number of nitrogens with zero attached hydrogens (tertiary/aromatic N) is 3. The van der Waals surface area contributed by atoms with Crippen molar-refractivity contribution in [2.45, 2.75) is 6.92 Å². The number of fused-ring (bicyclic) bond motifs is 1. The Hall–Kier alpha value is -3.07. The van der Waals surface area contributed by atoms with Crippen molar-refractivity contribution in [1.82, 2.24) is 4.98 Å². The van der Waals surface area contributed by atoms with Crippen LogP contribution in [0, 0.1) is 6.92 Å². The Kier molecular flexibility index (Phi) is 3.77. The van der Waals surface area contributed by atoms with E-state index in [9.17, 15) is 0 Å². The van der Waals surface area contributed by atoms with Crippen molar-refractivity contribution in [2.24, 2.45) is 14.1 Å². The van der Waals surface area contributed by atoms with Gasteiger partial charge in [-0.1, -0.05) is 36.4 Å². The van der Waals surface area contributed by atoms with Crippen molar-refractivity contribution >= 4 is 10.8 Å². The van der Waals surface area contributed by atoms with E-state index in [4.69, 9.17) is 0 Å². The first-order chi connectivity index (χ1) is 12.2. The molecule has 0 amide bonds. The lowest BCUT2D eigenvalue weighted by Gasteiger charge is -2.09. The largest absolute Gasteiger partial charge is 0.396 e. The fourth-order valence-electron chi connectivity index (χ4n) is 3.44. The predicted octanol–water partition coefficient (Wildman–Crippen LogP) is 3.53. The number of benzene rings is 2. The first kappa shape index (κ1) is 15.5. The van der Waals surface area contributed by atoms with Gasteiger partial charge in [0, 0.05) is 17.7 Å². The molecule has 2 aromatic heterocycles. The molecule has 122 valence electrons. The third-order valence-corrected chi connectivity index (χ3v) is 4.76. The van der Waals surface area contributed by atoms with Crippen molar-refractivity contribution < 1.29 is 9.13 Å². The molecule has 0 N–H and O–H groups in total. The normalized spacial score (nSPS) is 11.0. The van der Waals surface area contributed by atoms with Gasteiger partial charge in [0.1, 0.15) is 13.2 Å². The fourth-order valence-corrected chi connectivity index (χ4v) is 3.44. The maximum Gasteiger partial charge on any atom is 0.396 e. The van der Waals surface area contributed by atoms with Crippen molar-refractivity contribution in [3.8, 4) is 22.8 Å². The number of hydrogen-bond donors (Lipinski definition) is 0. The van der Waals surface area contributed by atoms with E-state index >= 15 is 0 Å². The summed E-state index contributed by atoms with van der Waals surface area (Å²) in [4.78, 5) is 4.66. The molecular weight excluding hydrogens is 306 g/mol. The van der Waals surface area contributed by atoms with Gasteiger partial charge >= 0.3 is 11.5 Å². The van der Waals surface area contributed by atoms with Crippen LogP contribution >= 0.6 is 0 Å². The van der Waals surface area contributed by atoms with E-state index in [1.54, 1.807) is 0 Å². The molecule has 25 heavy (non-hydrogen) atoms. The van der Waals surface area contributed by atoms with Crippen LogP contribution in [0.25, 0.3) is 33.5 Å². The van der Waals surface area contributed by atoms with E-state index in [1.807, 2.05) is 25.5 Å². The number of rotatable bonds is 2. The Morgan fingerprint density at radius 2 is 1.64 bits per heavy atom. The Morgan fingerprint density at radius 1 is 0.880 bits per heavy atom. The number of aryl methyl sites for hydroxylation is 2. The minimum atomic E-state index is 0.955. The van der Waals surface area contributed by atoms with Crippen molar-refractivity contribution in [3.63, 3.8) is 0 Å². The van der Waals surface area contributed by atoms with Gasteiger partial charge in [0.25, 0.3) is 0 Å². The Bertz CT molecular complexity index is 1080. The molecule has 3 nitrogen and oxygen atoms in total. The first-order valence-electron chi connectivity index (χ1n) is 8.45. The second kappa shape index (κ2) is 6.10.